The number of carbonyl (C=O) groups excluding carboxylic acids is 1. The summed E-state index contributed by atoms with van der Waals surface area (Å²) in [7, 11) is 1.96. The molecule has 0 aromatic carbocycles. The van der Waals surface area contributed by atoms with Gasteiger partial charge in [0.25, 0.3) is 0 Å². The molecule has 78 valence electrons. The molecule has 1 aromatic rings. The van der Waals surface area contributed by atoms with E-state index in [9.17, 15) is 4.79 Å². The second kappa shape index (κ2) is 5.05. The van der Waals surface area contributed by atoms with Gasteiger partial charge in [0.2, 0.25) is 0 Å². The smallest absolute Gasteiger partial charge is 0.187 e. The normalized spacial score (nSPS) is 11.3. The molecule has 0 radical (unpaired) electrons. The van der Waals surface area contributed by atoms with Crippen LogP contribution in [0.3, 0.4) is 0 Å². The van der Waals surface area contributed by atoms with Gasteiger partial charge in [-0.15, -0.1) is 11.3 Å². The minimum atomic E-state index is 0.183. The van der Waals surface area contributed by atoms with E-state index in [0.717, 1.165) is 9.35 Å². The van der Waals surface area contributed by atoms with E-state index in [-0.39, 0.29) is 5.78 Å². The molecule has 0 atom stereocenters. The number of hydrogen-bond acceptors (Lipinski definition) is 3. The van der Waals surface area contributed by atoms with Crippen molar-refractivity contribution in [2.24, 2.45) is 0 Å². The Hall–Kier alpha value is -0.190. The van der Waals surface area contributed by atoms with Crippen LogP contribution in [-0.2, 0) is 0 Å². The Morgan fingerprint density at radius 3 is 2.71 bits per heavy atom. The maximum atomic E-state index is 11.8. The van der Waals surface area contributed by atoms with Gasteiger partial charge < -0.3 is 0 Å². The minimum absolute atomic E-state index is 0.183. The zero-order valence-corrected chi connectivity index (χ0v) is 11.0. The SMILES string of the molecule is CC(C)N(C)CC(=O)c1sccc1Br. The number of ketones is 1. The van der Waals surface area contributed by atoms with Crippen LogP contribution in [0.25, 0.3) is 0 Å². The zero-order chi connectivity index (χ0) is 10.7. The van der Waals surface area contributed by atoms with Crippen molar-refractivity contribution in [2.75, 3.05) is 13.6 Å². The quantitative estimate of drug-likeness (QED) is 0.788. The van der Waals surface area contributed by atoms with Crippen LogP contribution in [0.4, 0.5) is 0 Å². The predicted octanol–water partition coefficient (Wildman–Crippen LogP) is 3.03. The van der Waals surface area contributed by atoms with Gasteiger partial charge in [0.15, 0.2) is 5.78 Å². The maximum Gasteiger partial charge on any atom is 0.187 e. The number of Topliss-reactive ketones (excluding diaryl/α,β-unsaturated/α-hetero) is 1. The van der Waals surface area contributed by atoms with Crippen LogP contribution in [0.2, 0.25) is 0 Å². The monoisotopic (exact) mass is 275 g/mol. The van der Waals surface area contributed by atoms with E-state index in [1.165, 1.54) is 11.3 Å². The minimum Gasteiger partial charge on any atom is -0.296 e. The van der Waals surface area contributed by atoms with Crippen molar-refractivity contribution in [3.63, 3.8) is 0 Å². The molecule has 0 N–H and O–H groups in total. The lowest BCUT2D eigenvalue weighted by atomic mass is 10.2. The number of rotatable bonds is 4. The van der Waals surface area contributed by atoms with Crippen LogP contribution in [-0.4, -0.2) is 30.3 Å². The Labute approximate surface area is 97.1 Å². The summed E-state index contributed by atoms with van der Waals surface area (Å²) >= 11 is 4.85. The summed E-state index contributed by atoms with van der Waals surface area (Å²) in [6.07, 6.45) is 0. The molecule has 0 spiro atoms. The van der Waals surface area contributed by atoms with E-state index in [1.54, 1.807) is 0 Å². The van der Waals surface area contributed by atoms with Crippen molar-refractivity contribution in [2.45, 2.75) is 19.9 Å². The predicted molar refractivity (Wildman–Crippen MR) is 64.1 cm³/mol. The lowest BCUT2D eigenvalue weighted by molar-refractivity contribution is 0.0933. The maximum absolute atomic E-state index is 11.8. The summed E-state index contributed by atoms with van der Waals surface area (Å²) in [5, 5.41) is 1.92. The van der Waals surface area contributed by atoms with E-state index in [1.807, 2.05) is 23.4 Å². The molecular weight excluding hydrogens is 262 g/mol. The zero-order valence-electron chi connectivity index (χ0n) is 8.58. The van der Waals surface area contributed by atoms with Crippen molar-refractivity contribution < 1.29 is 4.79 Å². The second-order valence-corrected chi connectivity index (χ2v) is 5.30. The topological polar surface area (TPSA) is 20.3 Å². The lowest BCUT2D eigenvalue weighted by Gasteiger charge is -2.19. The molecule has 1 heterocycles. The number of likely N-dealkylation sites (N-methyl/N-ethyl adjacent to an activating group) is 1. The first-order chi connectivity index (χ1) is 6.52. The summed E-state index contributed by atoms with van der Waals surface area (Å²) in [6, 6.07) is 2.31. The van der Waals surface area contributed by atoms with Crippen molar-refractivity contribution in [1.82, 2.24) is 4.90 Å². The molecule has 2 nitrogen and oxygen atoms in total. The number of thiophene rings is 1. The van der Waals surface area contributed by atoms with Crippen molar-refractivity contribution in [3.8, 4) is 0 Å². The summed E-state index contributed by atoms with van der Waals surface area (Å²) in [5.74, 6) is 0.183. The third kappa shape index (κ3) is 2.90. The fourth-order valence-electron chi connectivity index (χ4n) is 0.974. The molecule has 0 saturated heterocycles. The highest BCUT2D eigenvalue weighted by Crippen LogP contribution is 2.23. The average Bonchev–Trinajstić information content (AvgIpc) is 2.51. The Balaban J connectivity index is 2.64. The molecule has 1 rings (SSSR count). The molecule has 0 amide bonds. The Kier molecular flexibility index (Phi) is 4.29. The van der Waals surface area contributed by atoms with Gasteiger partial charge in [0, 0.05) is 10.5 Å². The molecule has 1 aromatic heterocycles. The van der Waals surface area contributed by atoms with Crippen LogP contribution in [0.1, 0.15) is 23.5 Å². The lowest BCUT2D eigenvalue weighted by Crippen LogP contribution is -2.31. The van der Waals surface area contributed by atoms with Gasteiger partial charge in [-0.1, -0.05) is 0 Å². The van der Waals surface area contributed by atoms with Crippen LogP contribution >= 0.6 is 27.3 Å². The van der Waals surface area contributed by atoms with E-state index in [0.29, 0.717) is 12.6 Å². The first-order valence-electron chi connectivity index (χ1n) is 4.48. The highest BCUT2D eigenvalue weighted by Gasteiger charge is 2.14. The van der Waals surface area contributed by atoms with Gasteiger partial charge in [-0.05, 0) is 48.3 Å². The molecule has 0 unspecified atom stereocenters. The summed E-state index contributed by atoms with van der Waals surface area (Å²) in [6.45, 7) is 4.64. The molecule has 0 aliphatic carbocycles. The van der Waals surface area contributed by atoms with Crippen LogP contribution in [0.5, 0.6) is 0 Å². The summed E-state index contributed by atoms with van der Waals surface area (Å²) in [4.78, 5) is 14.6. The molecule has 4 heteroatoms. The second-order valence-electron chi connectivity index (χ2n) is 3.53. The van der Waals surface area contributed by atoms with Crippen molar-refractivity contribution >= 4 is 33.0 Å². The van der Waals surface area contributed by atoms with Crippen LogP contribution in [0.15, 0.2) is 15.9 Å². The van der Waals surface area contributed by atoms with E-state index >= 15 is 0 Å². The molecule has 0 saturated carbocycles. The van der Waals surface area contributed by atoms with Gasteiger partial charge in [-0.3, -0.25) is 9.69 Å². The van der Waals surface area contributed by atoms with Crippen LogP contribution in [0, 0.1) is 0 Å². The average molecular weight is 276 g/mol. The van der Waals surface area contributed by atoms with Gasteiger partial charge >= 0.3 is 0 Å². The van der Waals surface area contributed by atoms with E-state index in [2.05, 4.69) is 29.8 Å². The highest BCUT2D eigenvalue weighted by molar-refractivity contribution is 9.10. The van der Waals surface area contributed by atoms with Gasteiger partial charge in [0.1, 0.15) is 0 Å². The Morgan fingerprint density at radius 2 is 2.29 bits per heavy atom. The van der Waals surface area contributed by atoms with Gasteiger partial charge in [-0.25, -0.2) is 0 Å². The van der Waals surface area contributed by atoms with E-state index < -0.39 is 0 Å². The number of nitrogens with zero attached hydrogens (tertiary/aromatic N) is 1. The van der Waals surface area contributed by atoms with E-state index in [4.69, 9.17) is 0 Å². The molecule has 14 heavy (non-hydrogen) atoms. The number of carbonyl (C=O) groups is 1. The Morgan fingerprint density at radius 1 is 1.64 bits per heavy atom. The Bertz CT molecular complexity index is 322. The molecular formula is C10H14BrNOS. The fraction of sp³-hybridized carbons (Fsp3) is 0.500. The fourth-order valence-corrected chi connectivity index (χ4v) is 2.50. The molecule has 0 fully saturated rings. The third-order valence-corrected chi connectivity index (χ3v) is 4.02. The molecule has 0 bridgehead atoms. The van der Waals surface area contributed by atoms with Crippen molar-refractivity contribution in [3.05, 3.63) is 20.8 Å². The summed E-state index contributed by atoms with van der Waals surface area (Å²) < 4.78 is 0.907. The van der Waals surface area contributed by atoms with Crippen LogP contribution < -0.4 is 0 Å². The van der Waals surface area contributed by atoms with Crippen molar-refractivity contribution in [1.29, 1.82) is 0 Å². The first-order valence-corrected chi connectivity index (χ1v) is 6.16. The number of hydrogen-bond donors (Lipinski definition) is 0. The van der Waals surface area contributed by atoms with Gasteiger partial charge in [0.05, 0.1) is 11.4 Å². The highest BCUT2D eigenvalue weighted by atomic mass is 79.9. The number of halogens is 1. The summed E-state index contributed by atoms with van der Waals surface area (Å²) in [5.41, 5.74) is 0. The largest absolute Gasteiger partial charge is 0.296 e. The first kappa shape index (κ1) is 11.9. The van der Waals surface area contributed by atoms with Gasteiger partial charge in [-0.2, -0.15) is 0 Å². The molecule has 0 aliphatic rings. The third-order valence-electron chi connectivity index (χ3n) is 2.14. The molecule has 0 aliphatic heterocycles. The standard InChI is InChI=1S/C10H14BrNOS/c1-7(2)12(3)6-9(13)10-8(11)4-5-14-10/h4-5,7H,6H2,1-3H3.